The van der Waals surface area contributed by atoms with Crippen LogP contribution in [0.4, 0.5) is 24.5 Å². The Kier molecular flexibility index (Phi) is 8.33. The lowest BCUT2D eigenvalue weighted by Crippen LogP contribution is -2.27. The van der Waals surface area contributed by atoms with Gasteiger partial charge in [-0.3, -0.25) is 18.1 Å². The predicted octanol–water partition coefficient (Wildman–Crippen LogP) is 4.20. The first-order valence-corrected chi connectivity index (χ1v) is 11.6. The van der Waals surface area contributed by atoms with Crippen molar-refractivity contribution >= 4 is 34.5 Å². The minimum absolute atomic E-state index is 0.0483. The molecule has 0 aliphatic carbocycles. The molecule has 12 heteroatoms. The summed E-state index contributed by atoms with van der Waals surface area (Å²) in [7, 11) is 0. The molecule has 0 saturated heterocycles. The van der Waals surface area contributed by atoms with Crippen LogP contribution in [0, 0.1) is 0 Å². The van der Waals surface area contributed by atoms with Crippen LogP contribution in [0.3, 0.4) is 0 Å². The molecular formula is C24H21F3N3O5S-. The van der Waals surface area contributed by atoms with Gasteiger partial charge in [-0.25, -0.2) is 0 Å². The number of nitrogens with two attached hydrogens (primary N) is 1. The number of alkyl halides is 3. The molecule has 1 atom stereocenters. The van der Waals surface area contributed by atoms with Gasteiger partial charge < -0.3 is 20.7 Å². The van der Waals surface area contributed by atoms with E-state index in [4.69, 9.17) is 5.73 Å². The van der Waals surface area contributed by atoms with E-state index in [0.29, 0.717) is 11.1 Å². The third-order valence-electron chi connectivity index (χ3n) is 5.16. The molecule has 0 fully saturated rings. The number of carbonyl (C=O) groups is 2. The van der Waals surface area contributed by atoms with Crippen molar-refractivity contribution in [3.63, 3.8) is 0 Å². The maximum absolute atomic E-state index is 12.7. The highest BCUT2D eigenvalue weighted by molar-refractivity contribution is 7.80. The molecule has 1 unspecified atom stereocenters. The van der Waals surface area contributed by atoms with Crippen LogP contribution < -0.4 is 15.4 Å². The summed E-state index contributed by atoms with van der Waals surface area (Å²) >= 11 is -2.77. The highest BCUT2D eigenvalue weighted by Gasteiger charge is 2.30. The average Bonchev–Trinajstić information content (AvgIpc) is 2.82. The standard InChI is InChI=1S/C24H22F3N3O5S/c25-24(26,27)18-9-7-16(8-10-18)15-3-5-17(6-4-15)23(33)29-19-11-12-21(31)20(14-19)30(36(34)35)13-1-2-22(28)32/h3-12,14,31H,1-2,13H2,(H2,28,32)(H,29,33)(H,34,35)/p-1. The summed E-state index contributed by atoms with van der Waals surface area (Å²) in [5.74, 6) is -1.48. The van der Waals surface area contributed by atoms with E-state index in [1.54, 1.807) is 12.1 Å². The lowest BCUT2D eigenvalue weighted by molar-refractivity contribution is -0.137. The van der Waals surface area contributed by atoms with Crippen molar-refractivity contribution in [3.05, 3.63) is 77.9 Å². The van der Waals surface area contributed by atoms with Gasteiger partial charge in [-0.05, 0) is 60.0 Å². The predicted molar refractivity (Wildman–Crippen MR) is 128 cm³/mol. The Bertz CT molecular complexity index is 1270. The van der Waals surface area contributed by atoms with Gasteiger partial charge in [-0.2, -0.15) is 13.2 Å². The van der Waals surface area contributed by atoms with Gasteiger partial charge in [-0.15, -0.1) is 0 Å². The number of rotatable bonds is 9. The summed E-state index contributed by atoms with van der Waals surface area (Å²) in [6.07, 6.45) is -4.35. The van der Waals surface area contributed by atoms with Crippen LogP contribution in [0.1, 0.15) is 28.8 Å². The number of hydrogen-bond acceptors (Lipinski definition) is 5. The van der Waals surface area contributed by atoms with Gasteiger partial charge >= 0.3 is 6.18 Å². The van der Waals surface area contributed by atoms with E-state index in [1.165, 1.54) is 42.5 Å². The Labute approximate surface area is 207 Å². The number of phenolic OH excluding ortho intramolecular Hbond substituents is 1. The van der Waals surface area contributed by atoms with Crippen molar-refractivity contribution in [3.8, 4) is 16.9 Å². The molecule has 36 heavy (non-hydrogen) atoms. The molecule has 0 radical (unpaired) electrons. The second kappa shape index (κ2) is 11.2. The van der Waals surface area contributed by atoms with E-state index in [-0.39, 0.29) is 42.1 Å². The van der Waals surface area contributed by atoms with Gasteiger partial charge in [0.25, 0.3) is 5.91 Å². The maximum atomic E-state index is 12.7. The number of nitrogens with one attached hydrogen (secondary N) is 1. The summed E-state index contributed by atoms with van der Waals surface area (Å²) in [5, 5.41) is 12.7. The fourth-order valence-corrected chi connectivity index (χ4v) is 3.93. The van der Waals surface area contributed by atoms with Gasteiger partial charge in [0.2, 0.25) is 5.91 Å². The van der Waals surface area contributed by atoms with E-state index >= 15 is 0 Å². The number of phenols is 1. The quantitative estimate of drug-likeness (QED) is 0.287. The number of halogens is 3. The summed E-state index contributed by atoms with van der Waals surface area (Å²) in [6, 6.07) is 14.6. The Morgan fingerprint density at radius 2 is 1.58 bits per heavy atom. The Hall–Kier alpha value is -3.90. The molecule has 8 nitrogen and oxygen atoms in total. The van der Waals surface area contributed by atoms with Crippen molar-refractivity contribution in [2.24, 2.45) is 5.73 Å². The smallest absolute Gasteiger partial charge is 0.416 e. The number of nitrogens with zero attached hydrogens (tertiary/aromatic N) is 1. The molecule has 0 spiro atoms. The summed E-state index contributed by atoms with van der Waals surface area (Å²) in [6.45, 7) is -0.116. The molecule has 4 N–H and O–H groups in total. The topological polar surface area (TPSA) is 136 Å². The molecule has 0 aromatic heterocycles. The molecule has 0 saturated carbocycles. The van der Waals surface area contributed by atoms with Gasteiger partial charge in [0, 0.05) is 35.5 Å². The Morgan fingerprint density at radius 1 is 1.00 bits per heavy atom. The largest absolute Gasteiger partial charge is 0.755 e. The van der Waals surface area contributed by atoms with E-state index < -0.39 is 34.8 Å². The van der Waals surface area contributed by atoms with Gasteiger partial charge in [0.15, 0.2) is 0 Å². The fourth-order valence-electron chi connectivity index (χ4n) is 3.34. The molecule has 2 amide bonds. The van der Waals surface area contributed by atoms with Crippen LogP contribution in [-0.2, 0) is 22.2 Å². The zero-order chi connectivity index (χ0) is 26.5. The second-order valence-corrected chi connectivity index (χ2v) is 8.57. The first-order valence-electron chi connectivity index (χ1n) is 10.5. The van der Waals surface area contributed by atoms with Crippen LogP contribution in [0.5, 0.6) is 5.75 Å². The first kappa shape index (κ1) is 26.7. The normalized spacial score (nSPS) is 12.1. The minimum atomic E-state index is -4.43. The van der Waals surface area contributed by atoms with Gasteiger partial charge in [0.1, 0.15) is 5.75 Å². The number of primary amides is 1. The third-order valence-corrected chi connectivity index (χ3v) is 5.90. The monoisotopic (exact) mass is 520 g/mol. The maximum Gasteiger partial charge on any atom is 0.416 e. The number of benzene rings is 3. The van der Waals surface area contributed by atoms with Gasteiger partial charge in [0.05, 0.1) is 11.3 Å². The average molecular weight is 521 g/mol. The first-order chi connectivity index (χ1) is 17.0. The number of amides is 2. The van der Waals surface area contributed by atoms with Crippen LogP contribution in [0.15, 0.2) is 66.7 Å². The summed E-state index contributed by atoms with van der Waals surface area (Å²) < 4.78 is 62.4. The van der Waals surface area contributed by atoms with Gasteiger partial charge in [-0.1, -0.05) is 24.3 Å². The lowest BCUT2D eigenvalue weighted by atomic mass is 10.0. The van der Waals surface area contributed by atoms with E-state index in [0.717, 1.165) is 16.4 Å². The molecule has 3 aromatic carbocycles. The lowest BCUT2D eigenvalue weighted by Gasteiger charge is -2.27. The SMILES string of the molecule is NC(=O)CCCN(c1cc(NC(=O)c2ccc(-c3ccc(C(F)(F)F)cc3)cc2)ccc1O)S(=O)[O-]. The molecule has 0 bridgehead atoms. The summed E-state index contributed by atoms with van der Waals surface area (Å²) in [4.78, 5) is 23.6. The highest BCUT2D eigenvalue weighted by atomic mass is 32.2. The summed E-state index contributed by atoms with van der Waals surface area (Å²) in [5.41, 5.74) is 5.81. The van der Waals surface area contributed by atoms with Crippen LogP contribution in [0.25, 0.3) is 11.1 Å². The zero-order valence-corrected chi connectivity index (χ0v) is 19.4. The molecule has 0 aliphatic rings. The van der Waals surface area contributed by atoms with Crippen molar-refractivity contribution in [2.75, 3.05) is 16.2 Å². The fraction of sp³-hybridized carbons (Fsp3) is 0.167. The number of carbonyl (C=O) groups excluding carboxylic acids is 2. The van der Waals surface area contributed by atoms with E-state index in [9.17, 15) is 36.6 Å². The molecule has 3 rings (SSSR count). The minimum Gasteiger partial charge on any atom is -0.755 e. The Balaban J connectivity index is 1.74. The van der Waals surface area contributed by atoms with Crippen molar-refractivity contribution in [2.45, 2.75) is 19.0 Å². The number of anilines is 2. The second-order valence-electron chi connectivity index (χ2n) is 7.70. The number of hydrogen-bond donors (Lipinski definition) is 3. The van der Waals surface area contributed by atoms with Crippen LogP contribution in [-0.4, -0.2) is 32.2 Å². The van der Waals surface area contributed by atoms with E-state index in [1.807, 2.05) is 0 Å². The van der Waals surface area contributed by atoms with Crippen molar-refractivity contribution in [1.29, 1.82) is 0 Å². The Morgan fingerprint density at radius 3 is 2.11 bits per heavy atom. The molecule has 190 valence electrons. The molecule has 0 heterocycles. The van der Waals surface area contributed by atoms with E-state index in [2.05, 4.69) is 5.32 Å². The zero-order valence-electron chi connectivity index (χ0n) is 18.6. The van der Waals surface area contributed by atoms with Crippen molar-refractivity contribution in [1.82, 2.24) is 0 Å². The van der Waals surface area contributed by atoms with Crippen LogP contribution in [0.2, 0.25) is 0 Å². The van der Waals surface area contributed by atoms with Crippen LogP contribution >= 0.6 is 0 Å². The number of aromatic hydroxyl groups is 1. The third kappa shape index (κ3) is 6.83. The van der Waals surface area contributed by atoms with Crippen molar-refractivity contribution < 1.29 is 36.6 Å². The molecular weight excluding hydrogens is 499 g/mol. The highest BCUT2D eigenvalue weighted by Crippen LogP contribution is 2.33. The molecule has 3 aromatic rings. The molecule has 0 aliphatic heterocycles.